The first kappa shape index (κ1) is 23.0. The highest BCUT2D eigenvalue weighted by atomic mass is 32.1. The molecule has 1 fully saturated rings. The molecule has 0 bridgehead atoms. The number of benzene rings is 4. The van der Waals surface area contributed by atoms with Gasteiger partial charge in [0.15, 0.2) is 4.77 Å². The van der Waals surface area contributed by atoms with E-state index in [0.29, 0.717) is 11.4 Å². The van der Waals surface area contributed by atoms with Crippen molar-refractivity contribution in [1.29, 1.82) is 0 Å². The molecule has 1 aliphatic heterocycles. The van der Waals surface area contributed by atoms with Gasteiger partial charge in [-0.1, -0.05) is 54.6 Å². The minimum Gasteiger partial charge on any atom is -0.490 e. The van der Waals surface area contributed by atoms with Crippen LogP contribution in [0, 0.1) is 4.77 Å². The number of nitrogens with zero attached hydrogens (tertiary/aromatic N) is 3. The zero-order valence-electron chi connectivity index (χ0n) is 20.9. The summed E-state index contributed by atoms with van der Waals surface area (Å²) in [5, 5.41) is 2.43. The van der Waals surface area contributed by atoms with Crippen molar-refractivity contribution in [2.24, 2.45) is 0 Å². The van der Waals surface area contributed by atoms with Crippen LogP contribution in [-0.2, 0) is 0 Å². The molecule has 7 nitrogen and oxygen atoms in total. The van der Waals surface area contributed by atoms with Crippen LogP contribution in [0.25, 0.3) is 44.2 Å². The van der Waals surface area contributed by atoms with Gasteiger partial charge in [0.2, 0.25) is 0 Å². The number of ether oxygens (including phenoxy) is 1. The van der Waals surface area contributed by atoms with Crippen LogP contribution < -0.4 is 9.64 Å². The van der Waals surface area contributed by atoms with Gasteiger partial charge in [0.05, 0.1) is 16.7 Å². The summed E-state index contributed by atoms with van der Waals surface area (Å²) < 4.78 is 6.73. The molecule has 3 N–H and O–H groups in total. The standard InChI is InChI=1S/C30H28N6OS/c38-30-32-24-11-5-13-26(28(24)34-30)37-19-18-35-14-16-36(17-15-35)25-12-4-10-23-27(25)33-29(31-23)22-9-3-7-20-6-1-2-8-21(20)22/h1-13H,14-19H2,(H,31,33)(H2,32,34,38). The monoisotopic (exact) mass is 520 g/mol. The van der Waals surface area contributed by atoms with Crippen molar-refractivity contribution >= 4 is 50.7 Å². The number of aromatic nitrogens is 4. The SMILES string of the molecule is S=c1[nH]c2cccc(OCCN3CCN(c4cccc5[nH]c(-c6cccc7ccccc67)nc45)CC3)c2[nH]1. The molecule has 3 heterocycles. The summed E-state index contributed by atoms with van der Waals surface area (Å²) in [5.41, 5.74) is 6.32. The topological polar surface area (TPSA) is 76.0 Å². The van der Waals surface area contributed by atoms with Crippen LogP contribution in [0.5, 0.6) is 5.75 Å². The van der Waals surface area contributed by atoms with Crippen LogP contribution in [0.1, 0.15) is 0 Å². The summed E-state index contributed by atoms with van der Waals surface area (Å²) in [6.45, 7) is 5.39. The van der Waals surface area contributed by atoms with E-state index in [0.717, 1.165) is 71.9 Å². The number of aromatic amines is 3. The van der Waals surface area contributed by atoms with E-state index in [1.54, 1.807) is 0 Å². The Morgan fingerprint density at radius 1 is 0.789 bits per heavy atom. The van der Waals surface area contributed by atoms with Gasteiger partial charge in [0, 0.05) is 38.3 Å². The lowest BCUT2D eigenvalue weighted by Gasteiger charge is -2.36. The lowest BCUT2D eigenvalue weighted by molar-refractivity contribution is 0.201. The van der Waals surface area contributed by atoms with Crippen molar-refractivity contribution in [3.05, 3.63) is 83.6 Å². The summed E-state index contributed by atoms with van der Waals surface area (Å²) in [5.74, 6) is 1.75. The van der Waals surface area contributed by atoms with E-state index in [1.807, 2.05) is 18.2 Å². The molecule has 0 aliphatic carbocycles. The van der Waals surface area contributed by atoms with Crippen molar-refractivity contribution in [3.63, 3.8) is 0 Å². The van der Waals surface area contributed by atoms with E-state index >= 15 is 0 Å². The zero-order chi connectivity index (χ0) is 25.5. The van der Waals surface area contributed by atoms with Crippen molar-refractivity contribution in [2.45, 2.75) is 0 Å². The number of rotatable bonds is 6. The molecule has 0 saturated carbocycles. The van der Waals surface area contributed by atoms with Gasteiger partial charge in [-0.25, -0.2) is 4.98 Å². The zero-order valence-corrected chi connectivity index (χ0v) is 21.7. The van der Waals surface area contributed by atoms with Crippen LogP contribution >= 0.6 is 12.2 Å². The van der Waals surface area contributed by atoms with Gasteiger partial charge < -0.3 is 24.6 Å². The molecule has 0 unspecified atom stereocenters. The Bertz CT molecular complexity index is 1810. The molecule has 0 radical (unpaired) electrons. The second-order valence-electron chi connectivity index (χ2n) is 9.72. The third-order valence-corrected chi connectivity index (χ3v) is 7.63. The lowest BCUT2D eigenvalue weighted by atomic mass is 10.0. The Kier molecular flexibility index (Phi) is 5.83. The predicted molar refractivity (Wildman–Crippen MR) is 157 cm³/mol. The third kappa shape index (κ3) is 4.21. The van der Waals surface area contributed by atoms with Crippen molar-refractivity contribution in [1.82, 2.24) is 24.8 Å². The van der Waals surface area contributed by atoms with E-state index in [4.69, 9.17) is 21.9 Å². The Balaban J connectivity index is 1.04. The number of para-hydroxylation sites is 2. The van der Waals surface area contributed by atoms with Crippen LogP contribution in [0.15, 0.2) is 78.9 Å². The first-order valence-corrected chi connectivity index (χ1v) is 13.4. The molecule has 8 heteroatoms. The molecule has 0 atom stereocenters. The second-order valence-corrected chi connectivity index (χ2v) is 10.1. The summed E-state index contributed by atoms with van der Waals surface area (Å²) >= 11 is 5.23. The largest absolute Gasteiger partial charge is 0.490 e. The van der Waals surface area contributed by atoms with Gasteiger partial charge in [-0.05, 0) is 47.3 Å². The Morgan fingerprint density at radius 2 is 1.58 bits per heavy atom. The number of hydrogen-bond donors (Lipinski definition) is 3. The average molecular weight is 521 g/mol. The van der Waals surface area contributed by atoms with E-state index in [1.165, 1.54) is 16.5 Å². The van der Waals surface area contributed by atoms with Crippen molar-refractivity contribution in [2.75, 3.05) is 44.2 Å². The number of nitrogens with one attached hydrogen (secondary N) is 3. The molecule has 6 aromatic rings. The van der Waals surface area contributed by atoms with Gasteiger partial charge in [-0.2, -0.15) is 0 Å². The minimum atomic E-state index is 0.614. The van der Waals surface area contributed by atoms with Gasteiger partial charge in [0.25, 0.3) is 0 Å². The highest BCUT2D eigenvalue weighted by Gasteiger charge is 2.20. The van der Waals surface area contributed by atoms with E-state index in [9.17, 15) is 0 Å². The molecule has 1 aliphatic rings. The lowest BCUT2D eigenvalue weighted by Crippen LogP contribution is -2.47. The number of piperazine rings is 1. The molecule has 38 heavy (non-hydrogen) atoms. The Hall–Kier alpha value is -4.14. The van der Waals surface area contributed by atoms with Crippen LogP contribution in [0.3, 0.4) is 0 Å². The van der Waals surface area contributed by atoms with Gasteiger partial charge in [0.1, 0.15) is 29.2 Å². The molecule has 4 aromatic carbocycles. The number of imidazole rings is 2. The Labute approximate surface area is 225 Å². The quantitative estimate of drug-likeness (QED) is 0.231. The fourth-order valence-electron chi connectivity index (χ4n) is 5.48. The normalized spacial score (nSPS) is 14.6. The molecule has 0 spiro atoms. The van der Waals surface area contributed by atoms with Gasteiger partial charge in [-0.3, -0.25) is 4.90 Å². The number of anilines is 1. The average Bonchev–Trinajstić information content (AvgIpc) is 3.56. The maximum Gasteiger partial charge on any atom is 0.175 e. The molecular weight excluding hydrogens is 492 g/mol. The molecule has 2 aromatic heterocycles. The van der Waals surface area contributed by atoms with Gasteiger partial charge in [-0.15, -0.1) is 0 Å². The first-order valence-electron chi connectivity index (χ1n) is 13.0. The molecule has 7 rings (SSSR count). The molecule has 1 saturated heterocycles. The van der Waals surface area contributed by atoms with Crippen LogP contribution in [0.2, 0.25) is 0 Å². The Morgan fingerprint density at radius 3 is 2.50 bits per heavy atom. The summed E-state index contributed by atoms with van der Waals surface area (Å²) in [6, 6.07) is 27.2. The number of hydrogen-bond acceptors (Lipinski definition) is 5. The maximum atomic E-state index is 6.11. The highest BCUT2D eigenvalue weighted by Crippen LogP contribution is 2.32. The van der Waals surface area contributed by atoms with Crippen LogP contribution in [0.4, 0.5) is 5.69 Å². The van der Waals surface area contributed by atoms with Crippen molar-refractivity contribution in [3.8, 4) is 17.1 Å². The van der Waals surface area contributed by atoms with E-state index < -0.39 is 0 Å². The summed E-state index contributed by atoms with van der Waals surface area (Å²) in [7, 11) is 0. The van der Waals surface area contributed by atoms with E-state index in [2.05, 4.69) is 85.4 Å². The number of H-pyrrole nitrogens is 3. The fourth-order valence-corrected chi connectivity index (χ4v) is 5.69. The molecule has 0 amide bonds. The maximum absolute atomic E-state index is 6.11. The summed E-state index contributed by atoms with van der Waals surface area (Å²) in [6.07, 6.45) is 0. The molecule has 190 valence electrons. The van der Waals surface area contributed by atoms with E-state index in [-0.39, 0.29) is 0 Å². The number of fused-ring (bicyclic) bond motifs is 3. The first-order chi connectivity index (χ1) is 18.7. The third-order valence-electron chi connectivity index (χ3n) is 7.43. The highest BCUT2D eigenvalue weighted by molar-refractivity contribution is 7.71. The molecular formula is C30H28N6OS. The van der Waals surface area contributed by atoms with Crippen molar-refractivity contribution < 1.29 is 4.74 Å². The minimum absolute atomic E-state index is 0.614. The fraction of sp³-hybridized carbons (Fsp3) is 0.200. The van der Waals surface area contributed by atoms with Gasteiger partial charge >= 0.3 is 0 Å². The predicted octanol–water partition coefficient (Wildman–Crippen LogP) is 6.12. The smallest absolute Gasteiger partial charge is 0.175 e. The summed E-state index contributed by atoms with van der Waals surface area (Å²) in [4.78, 5) is 19.9. The second kappa shape index (κ2) is 9.63. The van der Waals surface area contributed by atoms with Crippen LogP contribution in [-0.4, -0.2) is 64.2 Å².